The Hall–Kier alpha value is -2.53. The topological polar surface area (TPSA) is 42.0 Å². The second kappa shape index (κ2) is 7.57. The summed E-state index contributed by atoms with van der Waals surface area (Å²) in [7, 11) is 0. The van der Waals surface area contributed by atoms with Crippen molar-refractivity contribution >= 4 is 22.4 Å². The van der Waals surface area contributed by atoms with Crippen LogP contribution in [0.4, 0.5) is 9.52 Å². The smallest absolute Gasteiger partial charge is 0.230 e. The number of rotatable bonds is 5. The molecule has 128 valence electrons. The Morgan fingerprint density at radius 1 is 1.12 bits per heavy atom. The van der Waals surface area contributed by atoms with E-state index >= 15 is 0 Å². The van der Waals surface area contributed by atoms with E-state index in [1.165, 1.54) is 29.0 Å². The lowest BCUT2D eigenvalue weighted by Crippen LogP contribution is -2.14. The van der Waals surface area contributed by atoms with Crippen molar-refractivity contribution in [3.05, 3.63) is 70.9 Å². The number of carbonyl (C=O) groups is 1. The van der Waals surface area contributed by atoms with Gasteiger partial charge in [0.15, 0.2) is 5.13 Å². The number of amides is 1. The van der Waals surface area contributed by atoms with E-state index in [0.29, 0.717) is 11.0 Å². The van der Waals surface area contributed by atoms with Gasteiger partial charge in [-0.3, -0.25) is 4.79 Å². The summed E-state index contributed by atoms with van der Waals surface area (Å²) in [6, 6.07) is 14.2. The molecule has 0 saturated carbocycles. The van der Waals surface area contributed by atoms with E-state index in [4.69, 9.17) is 0 Å². The van der Waals surface area contributed by atoms with Crippen LogP contribution in [-0.4, -0.2) is 10.9 Å². The third-order valence-electron chi connectivity index (χ3n) is 3.90. The van der Waals surface area contributed by atoms with Gasteiger partial charge < -0.3 is 5.32 Å². The van der Waals surface area contributed by atoms with Gasteiger partial charge in [0.2, 0.25) is 5.91 Å². The average Bonchev–Trinajstić information content (AvgIpc) is 3.05. The molecular weight excluding hydrogens is 335 g/mol. The zero-order valence-corrected chi connectivity index (χ0v) is 14.9. The molecule has 5 heteroatoms. The molecule has 0 radical (unpaired) electrons. The van der Waals surface area contributed by atoms with E-state index in [1.807, 2.05) is 5.38 Å². The van der Waals surface area contributed by atoms with E-state index in [-0.39, 0.29) is 18.1 Å². The summed E-state index contributed by atoms with van der Waals surface area (Å²) in [6.45, 7) is 4.32. The van der Waals surface area contributed by atoms with Crippen LogP contribution in [0.15, 0.2) is 53.9 Å². The van der Waals surface area contributed by atoms with Crippen molar-refractivity contribution in [3.8, 4) is 11.3 Å². The van der Waals surface area contributed by atoms with E-state index in [9.17, 15) is 9.18 Å². The number of benzene rings is 2. The predicted molar refractivity (Wildman–Crippen MR) is 100 cm³/mol. The second-order valence-corrected chi connectivity index (χ2v) is 7.02. The van der Waals surface area contributed by atoms with Gasteiger partial charge in [-0.2, -0.15) is 0 Å². The number of nitrogens with one attached hydrogen (secondary N) is 1. The highest BCUT2D eigenvalue weighted by Crippen LogP contribution is 2.26. The van der Waals surface area contributed by atoms with Gasteiger partial charge in [0.25, 0.3) is 0 Å². The maximum Gasteiger partial charge on any atom is 0.230 e. The van der Waals surface area contributed by atoms with Crippen molar-refractivity contribution in [2.45, 2.75) is 26.2 Å². The zero-order chi connectivity index (χ0) is 17.8. The summed E-state index contributed by atoms with van der Waals surface area (Å²) in [6.07, 6.45) is 0.193. The number of hydrogen-bond donors (Lipinski definition) is 1. The second-order valence-electron chi connectivity index (χ2n) is 6.17. The third kappa shape index (κ3) is 4.51. The number of carbonyl (C=O) groups excluding carboxylic acids is 1. The Morgan fingerprint density at radius 3 is 2.44 bits per heavy atom. The highest BCUT2D eigenvalue weighted by molar-refractivity contribution is 7.14. The Labute approximate surface area is 150 Å². The third-order valence-corrected chi connectivity index (χ3v) is 4.66. The minimum atomic E-state index is -0.308. The van der Waals surface area contributed by atoms with Crippen LogP contribution < -0.4 is 5.32 Å². The Bertz CT molecular complexity index is 854. The van der Waals surface area contributed by atoms with E-state index < -0.39 is 0 Å². The summed E-state index contributed by atoms with van der Waals surface area (Å²) in [5, 5.41) is 5.29. The molecule has 1 N–H and O–H groups in total. The van der Waals surface area contributed by atoms with Crippen LogP contribution in [0.3, 0.4) is 0 Å². The van der Waals surface area contributed by atoms with Gasteiger partial charge in [-0.1, -0.05) is 50.2 Å². The molecule has 3 rings (SSSR count). The lowest BCUT2D eigenvalue weighted by molar-refractivity contribution is -0.115. The van der Waals surface area contributed by atoms with E-state index in [0.717, 1.165) is 16.8 Å². The first-order valence-electron chi connectivity index (χ1n) is 8.11. The number of nitrogens with zero attached hydrogens (tertiary/aromatic N) is 1. The minimum Gasteiger partial charge on any atom is -0.302 e. The first-order valence-corrected chi connectivity index (χ1v) is 8.99. The van der Waals surface area contributed by atoms with Gasteiger partial charge in [0, 0.05) is 10.9 Å². The number of halogens is 1. The molecule has 2 aromatic carbocycles. The molecule has 3 aromatic rings. The molecule has 0 fully saturated rings. The molecule has 25 heavy (non-hydrogen) atoms. The van der Waals surface area contributed by atoms with E-state index in [2.05, 4.69) is 48.4 Å². The van der Waals surface area contributed by atoms with Crippen LogP contribution in [0.25, 0.3) is 11.3 Å². The van der Waals surface area contributed by atoms with E-state index in [1.54, 1.807) is 12.1 Å². The molecule has 0 aliphatic rings. The standard InChI is InChI=1S/C20H19FN2OS/c1-13(2)15-5-7-16(8-6-15)18-12-25-20(22-18)23-19(24)11-14-3-9-17(21)10-4-14/h3-10,12-13H,11H2,1-2H3,(H,22,23,24). The predicted octanol–water partition coefficient (Wildman–Crippen LogP) is 5.25. The lowest BCUT2D eigenvalue weighted by Gasteiger charge is -2.05. The molecule has 0 atom stereocenters. The van der Waals surface area contributed by atoms with Gasteiger partial charge in [0.1, 0.15) is 5.82 Å². The van der Waals surface area contributed by atoms with Crippen molar-refractivity contribution in [1.29, 1.82) is 0 Å². The molecule has 0 bridgehead atoms. The first-order chi connectivity index (χ1) is 12.0. The molecular formula is C20H19FN2OS. The van der Waals surface area contributed by atoms with Crippen LogP contribution in [-0.2, 0) is 11.2 Å². The van der Waals surface area contributed by atoms with Crippen LogP contribution in [0.1, 0.15) is 30.9 Å². The summed E-state index contributed by atoms with van der Waals surface area (Å²) in [5.41, 5.74) is 3.92. The molecule has 0 aliphatic heterocycles. The molecule has 0 spiro atoms. The maximum atomic E-state index is 12.9. The van der Waals surface area contributed by atoms with Crippen LogP contribution >= 0.6 is 11.3 Å². The number of anilines is 1. The first kappa shape index (κ1) is 17.3. The zero-order valence-electron chi connectivity index (χ0n) is 14.1. The monoisotopic (exact) mass is 354 g/mol. The van der Waals surface area contributed by atoms with Crippen molar-refractivity contribution in [2.24, 2.45) is 0 Å². The largest absolute Gasteiger partial charge is 0.302 e. The highest BCUT2D eigenvalue weighted by Gasteiger charge is 2.09. The average molecular weight is 354 g/mol. The summed E-state index contributed by atoms with van der Waals surface area (Å²) in [5.74, 6) is 0.0191. The number of hydrogen-bond acceptors (Lipinski definition) is 3. The number of thiazole rings is 1. The molecule has 0 saturated heterocycles. The molecule has 0 unspecified atom stereocenters. The van der Waals surface area contributed by atoms with Gasteiger partial charge in [-0.25, -0.2) is 9.37 Å². The molecule has 3 nitrogen and oxygen atoms in total. The summed E-state index contributed by atoms with van der Waals surface area (Å²) >= 11 is 1.39. The summed E-state index contributed by atoms with van der Waals surface area (Å²) in [4.78, 5) is 16.6. The fraction of sp³-hybridized carbons (Fsp3) is 0.200. The normalized spacial score (nSPS) is 10.9. The summed E-state index contributed by atoms with van der Waals surface area (Å²) < 4.78 is 12.9. The Morgan fingerprint density at radius 2 is 1.80 bits per heavy atom. The fourth-order valence-electron chi connectivity index (χ4n) is 2.45. The van der Waals surface area contributed by atoms with Crippen molar-refractivity contribution in [1.82, 2.24) is 4.98 Å². The molecule has 1 aromatic heterocycles. The highest BCUT2D eigenvalue weighted by atomic mass is 32.1. The molecule has 0 aliphatic carbocycles. The van der Waals surface area contributed by atoms with Gasteiger partial charge in [-0.05, 0) is 29.2 Å². The maximum absolute atomic E-state index is 12.9. The quantitative estimate of drug-likeness (QED) is 0.679. The van der Waals surface area contributed by atoms with Crippen LogP contribution in [0, 0.1) is 5.82 Å². The van der Waals surface area contributed by atoms with Crippen LogP contribution in [0.5, 0.6) is 0 Å². The van der Waals surface area contributed by atoms with Crippen molar-refractivity contribution in [3.63, 3.8) is 0 Å². The van der Waals surface area contributed by atoms with Crippen LogP contribution in [0.2, 0.25) is 0 Å². The van der Waals surface area contributed by atoms with Crippen molar-refractivity contribution in [2.75, 3.05) is 5.32 Å². The lowest BCUT2D eigenvalue weighted by atomic mass is 10.0. The van der Waals surface area contributed by atoms with Gasteiger partial charge >= 0.3 is 0 Å². The Balaban J connectivity index is 1.64. The van der Waals surface area contributed by atoms with Crippen molar-refractivity contribution < 1.29 is 9.18 Å². The molecule has 1 heterocycles. The number of aromatic nitrogens is 1. The van der Waals surface area contributed by atoms with Gasteiger partial charge in [0.05, 0.1) is 12.1 Å². The fourth-order valence-corrected chi connectivity index (χ4v) is 3.19. The minimum absolute atomic E-state index is 0.164. The van der Waals surface area contributed by atoms with Gasteiger partial charge in [-0.15, -0.1) is 11.3 Å². The molecule has 1 amide bonds. The Kier molecular flexibility index (Phi) is 5.24. The SMILES string of the molecule is CC(C)c1ccc(-c2csc(NC(=O)Cc3ccc(F)cc3)n2)cc1.